The number of carbonyl (C=O) groups is 1. The van der Waals surface area contributed by atoms with E-state index in [4.69, 9.17) is 10.5 Å². The number of hydrogen-bond donors (Lipinski definition) is 1. The van der Waals surface area contributed by atoms with Crippen LogP contribution in [0.1, 0.15) is 27.7 Å². The maximum Gasteiger partial charge on any atom is 0.251 e. The molecular formula is C11H24N2O2. The molecule has 0 aliphatic rings. The van der Waals surface area contributed by atoms with Gasteiger partial charge in [-0.15, -0.1) is 0 Å². The molecule has 0 aliphatic heterocycles. The number of amides is 1. The van der Waals surface area contributed by atoms with Gasteiger partial charge in [-0.1, -0.05) is 13.8 Å². The Hall–Kier alpha value is -0.610. The number of nitrogens with zero attached hydrogens (tertiary/aromatic N) is 1. The zero-order valence-electron chi connectivity index (χ0n) is 10.5. The van der Waals surface area contributed by atoms with Gasteiger partial charge in [-0.3, -0.25) is 4.79 Å². The second kappa shape index (κ2) is 6.08. The molecule has 0 spiro atoms. The molecule has 0 aromatic rings. The van der Waals surface area contributed by atoms with E-state index in [0.29, 0.717) is 19.7 Å². The Morgan fingerprint density at radius 2 is 2.07 bits per heavy atom. The second-order valence-electron chi connectivity index (χ2n) is 4.66. The predicted octanol–water partition coefficient (Wildman–Crippen LogP) is 0.855. The zero-order chi connectivity index (χ0) is 12.1. The number of ether oxygens (including phenoxy) is 1. The Morgan fingerprint density at radius 1 is 1.53 bits per heavy atom. The Morgan fingerprint density at radius 3 is 2.47 bits per heavy atom. The summed E-state index contributed by atoms with van der Waals surface area (Å²) in [5.41, 5.74) is 5.58. The van der Waals surface area contributed by atoms with Gasteiger partial charge >= 0.3 is 0 Å². The monoisotopic (exact) mass is 216 g/mol. The molecule has 0 aromatic carbocycles. The quantitative estimate of drug-likeness (QED) is 0.716. The number of carbonyl (C=O) groups excluding carboxylic acids is 1. The Bertz CT molecular complexity index is 205. The molecule has 2 N–H and O–H groups in total. The van der Waals surface area contributed by atoms with E-state index in [1.165, 1.54) is 0 Å². The van der Waals surface area contributed by atoms with Gasteiger partial charge < -0.3 is 15.4 Å². The van der Waals surface area contributed by atoms with Crippen molar-refractivity contribution < 1.29 is 9.53 Å². The highest BCUT2D eigenvalue weighted by Gasteiger charge is 2.24. The average molecular weight is 216 g/mol. The van der Waals surface area contributed by atoms with Gasteiger partial charge in [0.2, 0.25) is 0 Å². The minimum absolute atomic E-state index is 0.0124. The maximum atomic E-state index is 11.8. The molecule has 0 fully saturated rings. The highest BCUT2D eigenvalue weighted by molar-refractivity contribution is 5.80. The van der Waals surface area contributed by atoms with Gasteiger partial charge in [0, 0.05) is 20.2 Å². The molecule has 0 rings (SSSR count). The Balaban J connectivity index is 4.21. The fourth-order valence-corrected chi connectivity index (χ4v) is 1.42. The lowest BCUT2D eigenvalue weighted by atomic mass is 9.93. The molecule has 15 heavy (non-hydrogen) atoms. The van der Waals surface area contributed by atoms with Crippen LogP contribution < -0.4 is 5.73 Å². The van der Waals surface area contributed by atoms with Crippen molar-refractivity contribution in [2.24, 2.45) is 11.1 Å². The van der Waals surface area contributed by atoms with E-state index in [0.717, 1.165) is 0 Å². The lowest BCUT2D eigenvalue weighted by Crippen LogP contribution is -2.43. The standard InChI is InChI=1S/C11H24N2O2/c1-6-15-9(2)10(14)13(5)8-11(3,4)7-12/h9H,6-8,12H2,1-5H3. The summed E-state index contributed by atoms with van der Waals surface area (Å²) >= 11 is 0. The first-order valence-corrected chi connectivity index (χ1v) is 5.40. The summed E-state index contributed by atoms with van der Waals surface area (Å²) in [7, 11) is 1.79. The van der Waals surface area contributed by atoms with Crippen molar-refractivity contribution in [1.82, 2.24) is 4.90 Å². The van der Waals surface area contributed by atoms with E-state index in [9.17, 15) is 4.79 Å². The van der Waals surface area contributed by atoms with Gasteiger partial charge in [-0.2, -0.15) is 0 Å². The second-order valence-corrected chi connectivity index (χ2v) is 4.66. The van der Waals surface area contributed by atoms with E-state index < -0.39 is 0 Å². The fraction of sp³-hybridized carbons (Fsp3) is 0.909. The van der Waals surface area contributed by atoms with Crippen molar-refractivity contribution in [3.63, 3.8) is 0 Å². The third-order valence-corrected chi connectivity index (χ3v) is 2.36. The predicted molar refractivity (Wildman–Crippen MR) is 61.6 cm³/mol. The lowest BCUT2D eigenvalue weighted by molar-refractivity contribution is -0.142. The number of likely N-dealkylation sites (N-methyl/N-ethyl adjacent to an activating group) is 1. The van der Waals surface area contributed by atoms with E-state index >= 15 is 0 Å². The van der Waals surface area contributed by atoms with Crippen LogP contribution in [-0.4, -0.2) is 43.7 Å². The van der Waals surface area contributed by atoms with Crippen molar-refractivity contribution in [3.05, 3.63) is 0 Å². The lowest BCUT2D eigenvalue weighted by Gasteiger charge is -2.30. The van der Waals surface area contributed by atoms with Crippen LogP contribution in [0, 0.1) is 5.41 Å². The van der Waals surface area contributed by atoms with Crippen LogP contribution in [0.4, 0.5) is 0 Å². The van der Waals surface area contributed by atoms with Crippen molar-refractivity contribution in [3.8, 4) is 0 Å². The van der Waals surface area contributed by atoms with Crippen molar-refractivity contribution in [2.75, 3.05) is 26.7 Å². The van der Waals surface area contributed by atoms with Crippen LogP contribution >= 0.6 is 0 Å². The summed E-state index contributed by atoms with van der Waals surface area (Å²) in [6.07, 6.45) is -0.367. The summed E-state index contributed by atoms with van der Waals surface area (Å²) in [4.78, 5) is 13.5. The average Bonchev–Trinajstić information content (AvgIpc) is 2.16. The summed E-state index contributed by atoms with van der Waals surface area (Å²) in [6.45, 7) is 9.52. The van der Waals surface area contributed by atoms with Gasteiger partial charge in [-0.25, -0.2) is 0 Å². The summed E-state index contributed by atoms with van der Waals surface area (Å²) in [5.74, 6) is 0.0124. The molecule has 0 saturated heterocycles. The molecule has 1 atom stereocenters. The highest BCUT2D eigenvalue weighted by atomic mass is 16.5. The van der Waals surface area contributed by atoms with Crippen LogP contribution in [0.25, 0.3) is 0 Å². The first-order chi connectivity index (χ1) is 6.84. The topological polar surface area (TPSA) is 55.6 Å². The SMILES string of the molecule is CCOC(C)C(=O)N(C)CC(C)(C)CN. The summed E-state index contributed by atoms with van der Waals surface area (Å²) in [5, 5.41) is 0. The molecule has 4 nitrogen and oxygen atoms in total. The third-order valence-electron chi connectivity index (χ3n) is 2.36. The molecule has 0 radical (unpaired) electrons. The van der Waals surface area contributed by atoms with Crippen molar-refractivity contribution in [1.29, 1.82) is 0 Å². The molecule has 0 aromatic heterocycles. The first-order valence-electron chi connectivity index (χ1n) is 5.40. The van der Waals surface area contributed by atoms with Crippen LogP contribution in [0.2, 0.25) is 0 Å². The number of nitrogens with two attached hydrogens (primary N) is 1. The van der Waals surface area contributed by atoms with Crippen LogP contribution in [0.3, 0.4) is 0 Å². The Kier molecular flexibility index (Phi) is 5.83. The number of rotatable bonds is 6. The fourth-order valence-electron chi connectivity index (χ4n) is 1.42. The van der Waals surface area contributed by atoms with Gasteiger partial charge in [0.15, 0.2) is 0 Å². The van der Waals surface area contributed by atoms with E-state index in [2.05, 4.69) is 0 Å². The molecule has 0 heterocycles. The maximum absolute atomic E-state index is 11.8. The van der Waals surface area contributed by atoms with Crippen molar-refractivity contribution >= 4 is 5.91 Å². The van der Waals surface area contributed by atoms with E-state index in [-0.39, 0.29) is 17.4 Å². The molecule has 0 bridgehead atoms. The normalized spacial score (nSPS) is 13.7. The summed E-state index contributed by atoms with van der Waals surface area (Å²) in [6, 6.07) is 0. The Labute approximate surface area is 92.8 Å². The molecule has 90 valence electrons. The summed E-state index contributed by atoms with van der Waals surface area (Å²) < 4.78 is 5.25. The molecule has 0 saturated carbocycles. The van der Waals surface area contributed by atoms with Crippen LogP contribution in [-0.2, 0) is 9.53 Å². The zero-order valence-corrected chi connectivity index (χ0v) is 10.5. The largest absolute Gasteiger partial charge is 0.369 e. The molecule has 1 amide bonds. The van der Waals surface area contributed by atoms with Gasteiger partial charge in [-0.05, 0) is 25.8 Å². The van der Waals surface area contributed by atoms with Crippen molar-refractivity contribution in [2.45, 2.75) is 33.8 Å². The highest BCUT2D eigenvalue weighted by Crippen LogP contribution is 2.14. The minimum Gasteiger partial charge on any atom is -0.369 e. The minimum atomic E-state index is -0.367. The van der Waals surface area contributed by atoms with Crippen LogP contribution in [0.15, 0.2) is 0 Å². The van der Waals surface area contributed by atoms with Crippen LogP contribution in [0.5, 0.6) is 0 Å². The molecule has 0 aliphatic carbocycles. The van der Waals surface area contributed by atoms with Gasteiger partial charge in [0.05, 0.1) is 0 Å². The molecular weight excluding hydrogens is 192 g/mol. The third kappa shape index (κ3) is 5.14. The smallest absolute Gasteiger partial charge is 0.251 e. The van der Waals surface area contributed by atoms with Gasteiger partial charge in [0.25, 0.3) is 5.91 Å². The van der Waals surface area contributed by atoms with E-state index in [1.54, 1.807) is 18.9 Å². The van der Waals surface area contributed by atoms with E-state index in [1.807, 2.05) is 20.8 Å². The first kappa shape index (κ1) is 14.4. The molecule has 4 heteroatoms. The molecule has 1 unspecified atom stereocenters. The van der Waals surface area contributed by atoms with Gasteiger partial charge in [0.1, 0.15) is 6.10 Å². The number of hydrogen-bond acceptors (Lipinski definition) is 3.